The summed E-state index contributed by atoms with van der Waals surface area (Å²) in [5.41, 5.74) is 1.19. The predicted octanol–water partition coefficient (Wildman–Crippen LogP) is 5.80. The van der Waals surface area contributed by atoms with Crippen molar-refractivity contribution >= 4 is 34.1 Å². The Morgan fingerprint density at radius 1 is 1.08 bits per heavy atom. The number of aryl methyl sites for hydroxylation is 1. The first-order valence-corrected chi connectivity index (χ1v) is 12.3. The number of aromatic amines is 1. The van der Waals surface area contributed by atoms with Crippen LogP contribution < -0.4 is 16.0 Å². The van der Waals surface area contributed by atoms with Crippen molar-refractivity contribution in [3.05, 3.63) is 84.2 Å². The summed E-state index contributed by atoms with van der Waals surface area (Å²) in [6.45, 7) is 2.07. The number of hydrogen-bond donors (Lipinski definition) is 1. The van der Waals surface area contributed by atoms with Crippen molar-refractivity contribution in [3.63, 3.8) is 0 Å². The minimum absolute atomic E-state index is 0.124. The normalized spacial score (nSPS) is 14.1. The highest BCUT2D eigenvalue weighted by atomic mass is 35.5. The zero-order chi connectivity index (χ0) is 25.4. The molecule has 2 heterocycles. The zero-order valence-electron chi connectivity index (χ0n) is 19.3. The number of fused-ring (bicyclic) bond motifs is 1. The van der Waals surface area contributed by atoms with Crippen LogP contribution in [-0.2, 0) is 0 Å². The molecule has 1 aliphatic rings. The molecular weight excluding hydrogens is 501 g/mol. The lowest BCUT2D eigenvalue weighted by Gasteiger charge is -2.22. The zero-order valence-corrected chi connectivity index (χ0v) is 20.9. The van der Waals surface area contributed by atoms with Gasteiger partial charge in [-0.25, -0.2) is 4.79 Å². The molecule has 1 saturated carbocycles. The van der Waals surface area contributed by atoms with Gasteiger partial charge < -0.3 is 4.74 Å². The number of hydrogen-bond acceptors (Lipinski definition) is 6. The number of nitrogens with zero attached hydrogens (tertiary/aromatic N) is 4. The molecule has 0 spiro atoms. The third-order valence-corrected chi connectivity index (χ3v) is 6.97. The second-order valence-electron chi connectivity index (χ2n) is 8.85. The van der Waals surface area contributed by atoms with E-state index in [2.05, 4.69) is 18.1 Å². The SMILES string of the molecule is Cc1cc(C2CCCCC2)nc2ccc(Oc3c(Cl)cc(-n4nc(C#N)c(=O)[nH]c4=O)cc3Cl)cc12. The van der Waals surface area contributed by atoms with Gasteiger partial charge in [-0.15, -0.1) is 5.10 Å². The van der Waals surface area contributed by atoms with E-state index in [0.29, 0.717) is 11.7 Å². The molecule has 0 atom stereocenters. The topological polar surface area (TPSA) is 114 Å². The number of halogens is 2. The highest BCUT2D eigenvalue weighted by Crippen LogP contribution is 2.39. The van der Waals surface area contributed by atoms with Gasteiger partial charge in [0, 0.05) is 17.0 Å². The summed E-state index contributed by atoms with van der Waals surface area (Å²) in [6.07, 6.45) is 6.18. The van der Waals surface area contributed by atoms with Crippen molar-refractivity contribution < 1.29 is 4.74 Å². The number of rotatable bonds is 4. The molecule has 5 rings (SSSR count). The molecule has 1 fully saturated rings. The molecule has 0 radical (unpaired) electrons. The average molecular weight is 522 g/mol. The number of benzene rings is 2. The van der Waals surface area contributed by atoms with Crippen LogP contribution in [0.4, 0.5) is 0 Å². The second-order valence-corrected chi connectivity index (χ2v) is 9.66. The number of H-pyrrole nitrogens is 1. The van der Waals surface area contributed by atoms with Crippen molar-refractivity contribution in [1.29, 1.82) is 5.26 Å². The molecule has 1 aliphatic carbocycles. The van der Waals surface area contributed by atoms with Gasteiger partial charge in [0.15, 0.2) is 5.75 Å². The Morgan fingerprint density at radius 3 is 2.50 bits per heavy atom. The molecule has 2 aromatic carbocycles. The van der Waals surface area contributed by atoms with E-state index in [9.17, 15) is 9.59 Å². The molecule has 4 aromatic rings. The minimum atomic E-state index is -0.872. The van der Waals surface area contributed by atoms with Gasteiger partial charge in [-0.1, -0.05) is 42.5 Å². The van der Waals surface area contributed by atoms with Gasteiger partial charge >= 0.3 is 5.69 Å². The van der Waals surface area contributed by atoms with Crippen LogP contribution in [0.2, 0.25) is 10.0 Å². The summed E-state index contributed by atoms with van der Waals surface area (Å²) in [5.74, 6) is 1.24. The first-order valence-electron chi connectivity index (χ1n) is 11.6. The van der Waals surface area contributed by atoms with Gasteiger partial charge in [-0.05, 0) is 61.7 Å². The molecule has 0 bridgehead atoms. The van der Waals surface area contributed by atoms with Crippen LogP contribution in [0.5, 0.6) is 11.5 Å². The highest BCUT2D eigenvalue weighted by Gasteiger charge is 2.19. The number of aromatic nitrogens is 4. The number of pyridine rings is 1. The standard InChI is InChI=1S/C26H21Cl2N5O3/c1-14-9-22(15-5-3-2-4-6-15)30-21-8-7-17(12-18(14)21)36-24-19(27)10-16(11-20(24)28)33-26(35)31-25(34)23(13-29)32-33/h7-12,15H,2-6H2,1H3,(H,31,34,35). The van der Waals surface area contributed by atoms with Gasteiger partial charge in [0.1, 0.15) is 11.8 Å². The summed E-state index contributed by atoms with van der Waals surface area (Å²) in [5, 5.41) is 14.0. The first kappa shape index (κ1) is 24.0. The van der Waals surface area contributed by atoms with Crippen molar-refractivity contribution in [2.45, 2.75) is 44.9 Å². The van der Waals surface area contributed by atoms with Crippen LogP contribution in [-0.4, -0.2) is 19.7 Å². The Balaban J connectivity index is 1.47. The predicted molar refractivity (Wildman–Crippen MR) is 138 cm³/mol. The lowest BCUT2D eigenvalue weighted by Crippen LogP contribution is -2.33. The monoisotopic (exact) mass is 521 g/mol. The van der Waals surface area contributed by atoms with Crippen LogP contribution >= 0.6 is 23.2 Å². The molecule has 182 valence electrons. The third-order valence-electron chi connectivity index (χ3n) is 6.41. The molecule has 0 aliphatic heterocycles. The van der Waals surface area contributed by atoms with Gasteiger partial charge in [0.05, 0.1) is 21.2 Å². The molecule has 10 heteroatoms. The van der Waals surface area contributed by atoms with Gasteiger partial charge in [-0.3, -0.25) is 14.8 Å². The first-order chi connectivity index (χ1) is 17.3. The van der Waals surface area contributed by atoms with Crippen molar-refractivity contribution in [1.82, 2.24) is 19.7 Å². The summed E-state index contributed by atoms with van der Waals surface area (Å²) >= 11 is 12.9. The van der Waals surface area contributed by atoms with E-state index in [0.717, 1.165) is 26.8 Å². The Kier molecular flexibility index (Phi) is 6.52. The minimum Gasteiger partial charge on any atom is -0.454 e. The quantitative estimate of drug-likeness (QED) is 0.363. The van der Waals surface area contributed by atoms with E-state index >= 15 is 0 Å². The number of nitrogens with one attached hydrogen (secondary N) is 1. The van der Waals surface area contributed by atoms with E-state index in [1.807, 2.05) is 23.2 Å². The Morgan fingerprint density at radius 2 is 1.81 bits per heavy atom. The van der Waals surface area contributed by atoms with Crippen LogP contribution in [0.1, 0.15) is 55.0 Å². The van der Waals surface area contributed by atoms with Crippen molar-refractivity contribution in [2.75, 3.05) is 0 Å². The fourth-order valence-corrected chi connectivity index (χ4v) is 5.16. The van der Waals surface area contributed by atoms with Crippen LogP contribution in [0.15, 0.2) is 46.0 Å². The van der Waals surface area contributed by atoms with E-state index in [1.165, 1.54) is 44.2 Å². The van der Waals surface area contributed by atoms with Gasteiger partial charge in [0.2, 0.25) is 5.69 Å². The van der Waals surface area contributed by atoms with Crippen molar-refractivity contribution in [2.24, 2.45) is 0 Å². The smallest absolute Gasteiger partial charge is 0.349 e. The molecular formula is C26H21Cl2N5O3. The fourth-order valence-electron chi connectivity index (χ4n) is 4.60. The molecule has 8 nitrogen and oxygen atoms in total. The Bertz CT molecular complexity index is 1630. The van der Waals surface area contributed by atoms with Crippen molar-refractivity contribution in [3.8, 4) is 23.3 Å². The van der Waals surface area contributed by atoms with E-state index in [1.54, 1.807) is 6.07 Å². The molecule has 0 amide bonds. The lowest BCUT2D eigenvalue weighted by molar-refractivity contribution is 0.437. The fraction of sp³-hybridized carbons (Fsp3) is 0.269. The van der Waals surface area contributed by atoms with E-state index < -0.39 is 16.9 Å². The molecule has 0 unspecified atom stereocenters. The number of nitriles is 1. The summed E-state index contributed by atoms with van der Waals surface area (Å²) in [4.78, 5) is 30.8. The Labute approximate surface area is 216 Å². The van der Waals surface area contributed by atoms with E-state index in [-0.39, 0.29) is 21.5 Å². The largest absolute Gasteiger partial charge is 0.454 e. The third kappa shape index (κ3) is 4.60. The number of ether oxygens (including phenoxy) is 1. The summed E-state index contributed by atoms with van der Waals surface area (Å²) < 4.78 is 6.87. The molecule has 1 N–H and O–H groups in total. The molecule has 0 saturated heterocycles. The van der Waals surface area contributed by atoms with Crippen LogP contribution in [0.25, 0.3) is 16.6 Å². The summed E-state index contributed by atoms with van der Waals surface area (Å²) in [6, 6.07) is 12.3. The van der Waals surface area contributed by atoms with Crippen LogP contribution in [0.3, 0.4) is 0 Å². The maximum absolute atomic E-state index is 12.2. The van der Waals surface area contributed by atoms with Crippen LogP contribution in [0, 0.1) is 18.3 Å². The molecule has 36 heavy (non-hydrogen) atoms. The van der Waals surface area contributed by atoms with Gasteiger partial charge in [0.25, 0.3) is 5.56 Å². The maximum atomic E-state index is 12.2. The lowest BCUT2D eigenvalue weighted by atomic mass is 9.86. The summed E-state index contributed by atoms with van der Waals surface area (Å²) in [7, 11) is 0. The van der Waals surface area contributed by atoms with Gasteiger partial charge in [-0.2, -0.15) is 9.94 Å². The second kappa shape index (κ2) is 9.76. The molecule has 2 aromatic heterocycles. The average Bonchev–Trinajstić information content (AvgIpc) is 2.87. The highest BCUT2D eigenvalue weighted by molar-refractivity contribution is 6.37. The Hall–Kier alpha value is -3.67. The maximum Gasteiger partial charge on any atom is 0.349 e. The van der Waals surface area contributed by atoms with E-state index in [4.69, 9.17) is 38.2 Å².